The number of carboxylic acids is 1. The maximum absolute atomic E-state index is 11.9. The lowest BCUT2D eigenvalue weighted by atomic mass is 9.77. The van der Waals surface area contributed by atoms with E-state index in [2.05, 4.69) is 24.3 Å². The van der Waals surface area contributed by atoms with Crippen molar-refractivity contribution in [1.82, 2.24) is 4.57 Å². The van der Waals surface area contributed by atoms with Gasteiger partial charge in [0.1, 0.15) is 5.56 Å². The van der Waals surface area contributed by atoms with Crippen LogP contribution in [0.2, 0.25) is 0 Å². The van der Waals surface area contributed by atoms with Crippen LogP contribution in [0.15, 0.2) is 71.8 Å². The van der Waals surface area contributed by atoms with Crippen molar-refractivity contribution in [3.05, 3.63) is 99.5 Å². The molecule has 0 bridgehead atoms. The Morgan fingerprint density at radius 2 is 1.56 bits per heavy atom. The number of rotatable bonds is 4. The van der Waals surface area contributed by atoms with Gasteiger partial charge in [-0.3, -0.25) is 4.79 Å². The number of hydrogen-bond acceptors (Lipinski definition) is 3. The molecule has 0 fully saturated rings. The van der Waals surface area contributed by atoms with Gasteiger partial charge in [-0.15, -0.1) is 0 Å². The highest BCUT2D eigenvalue weighted by Crippen LogP contribution is 2.41. The summed E-state index contributed by atoms with van der Waals surface area (Å²) in [6, 6.07) is 18.4. The Balaban J connectivity index is 1.81. The van der Waals surface area contributed by atoms with Crippen LogP contribution in [0, 0.1) is 0 Å². The van der Waals surface area contributed by atoms with Gasteiger partial charge in [-0.1, -0.05) is 54.6 Å². The summed E-state index contributed by atoms with van der Waals surface area (Å²) in [5.41, 5.74) is 2.13. The van der Waals surface area contributed by atoms with Gasteiger partial charge in [-0.25, -0.2) is 4.79 Å². The summed E-state index contributed by atoms with van der Waals surface area (Å²) in [7, 11) is 0. The molecular formula is C22H19NO4. The van der Waals surface area contributed by atoms with Gasteiger partial charge in [0, 0.05) is 24.4 Å². The highest BCUT2D eigenvalue weighted by Gasteiger charge is 2.39. The van der Waals surface area contributed by atoms with Gasteiger partial charge in [0.15, 0.2) is 5.75 Å². The van der Waals surface area contributed by atoms with Crippen LogP contribution in [-0.2, 0) is 24.8 Å². The third-order valence-electron chi connectivity index (χ3n) is 5.34. The lowest BCUT2D eigenvalue weighted by Gasteiger charge is -2.31. The first-order valence-electron chi connectivity index (χ1n) is 8.77. The second-order valence-electron chi connectivity index (χ2n) is 7.13. The molecule has 3 aromatic rings. The monoisotopic (exact) mass is 361 g/mol. The first-order valence-corrected chi connectivity index (χ1v) is 8.77. The highest BCUT2D eigenvalue weighted by atomic mass is 16.4. The highest BCUT2D eigenvalue weighted by molar-refractivity contribution is 5.87. The number of aromatic carboxylic acids is 1. The number of carbonyl (C=O) groups is 1. The zero-order valence-corrected chi connectivity index (χ0v) is 14.6. The first-order chi connectivity index (χ1) is 13.0. The zero-order valence-electron chi connectivity index (χ0n) is 14.6. The molecule has 1 aromatic heterocycles. The average Bonchev–Trinajstić information content (AvgIpc) is 3.04. The zero-order chi connectivity index (χ0) is 19.0. The molecule has 0 saturated carbocycles. The van der Waals surface area contributed by atoms with E-state index in [0.29, 0.717) is 6.54 Å². The maximum Gasteiger partial charge on any atom is 0.341 e. The third-order valence-corrected chi connectivity index (χ3v) is 5.34. The normalized spacial score (nSPS) is 14.7. The van der Waals surface area contributed by atoms with Crippen molar-refractivity contribution < 1.29 is 15.0 Å². The van der Waals surface area contributed by atoms with Crippen molar-refractivity contribution in [2.24, 2.45) is 0 Å². The summed E-state index contributed by atoms with van der Waals surface area (Å²) in [5, 5.41) is 19.2. The Morgan fingerprint density at radius 1 is 0.963 bits per heavy atom. The summed E-state index contributed by atoms with van der Waals surface area (Å²) in [6.07, 6.45) is 4.26. The molecule has 136 valence electrons. The molecule has 1 aliphatic rings. The molecular weight excluding hydrogens is 342 g/mol. The molecule has 5 nitrogen and oxygen atoms in total. The molecule has 0 aliphatic heterocycles. The Bertz CT molecular complexity index is 1040. The fourth-order valence-electron chi connectivity index (χ4n) is 4.10. The molecule has 4 rings (SSSR count). The summed E-state index contributed by atoms with van der Waals surface area (Å²) < 4.78 is 1.62. The fraction of sp³-hybridized carbons (Fsp3) is 0.182. The minimum absolute atomic E-state index is 0.276. The molecule has 0 radical (unpaired) electrons. The van der Waals surface area contributed by atoms with Crippen molar-refractivity contribution >= 4 is 5.97 Å². The fourth-order valence-corrected chi connectivity index (χ4v) is 4.10. The van der Waals surface area contributed by atoms with Crippen molar-refractivity contribution in [1.29, 1.82) is 0 Å². The van der Waals surface area contributed by atoms with Gasteiger partial charge >= 0.3 is 5.97 Å². The molecule has 0 saturated heterocycles. The van der Waals surface area contributed by atoms with Crippen LogP contribution in [0.25, 0.3) is 0 Å². The number of aromatic nitrogens is 1. The summed E-state index contributed by atoms with van der Waals surface area (Å²) >= 11 is 0. The van der Waals surface area contributed by atoms with E-state index in [0.717, 1.165) is 18.4 Å². The minimum atomic E-state index is -1.34. The summed E-state index contributed by atoms with van der Waals surface area (Å²) in [4.78, 5) is 23.3. The number of fused-ring (bicyclic) bond motifs is 1. The second kappa shape index (κ2) is 6.43. The predicted molar refractivity (Wildman–Crippen MR) is 101 cm³/mol. The quantitative estimate of drug-likeness (QED) is 0.749. The SMILES string of the molecule is O=C(O)c1cn(CC2(c3ccccc3)Cc3ccccc3C2)cc(O)c1=O. The van der Waals surface area contributed by atoms with Gasteiger partial charge in [0.2, 0.25) is 5.43 Å². The van der Waals surface area contributed by atoms with Crippen LogP contribution >= 0.6 is 0 Å². The number of hydrogen-bond donors (Lipinski definition) is 2. The van der Waals surface area contributed by atoms with Crippen LogP contribution in [0.1, 0.15) is 27.0 Å². The van der Waals surface area contributed by atoms with Crippen molar-refractivity contribution in [2.75, 3.05) is 0 Å². The molecule has 1 aliphatic carbocycles. The molecule has 2 aromatic carbocycles. The second-order valence-corrected chi connectivity index (χ2v) is 7.13. The molecule has 0 atom stereocenters. The van der Waals surface area contributed by atoms with Crippen LogP contribution in [0.5, 0.6) is 5.75 Å². The molecule has 0 spiro atoms. The average molecular weight is 361 g/mol. The summed E-state index contributed by atoms with van der Waals surface area (Å²) in [5.74, 6) is -1.89. The van der Waals surface area contributed by atoms with Crippen molar-refractivity contribution in [3.8, 4) is 5.75 Å². The Labute approximate surface area is 156 Å². The number of pyridine rings is 1. The third kappa shape index (κ3) is 3.01. The molecule has 0 amide bonds. The van der Waals surface area contributed by atoms with Crippen LogP contribution in [0.3, 0.4) is 0 Å². The largest absolute Gasteiger partial charge is 0.503 e. The predicted octanol–water partition coefficient (Wildman–Crippen LogP) is 2.99. The van der Waals surface area contributed by atoms with Gasteiger partial charge in [0.05, 0.1) is 0 Å². The Hall–Kier alpha value is -3.34. The van der Waals surface area contributed by atoms with Gasteiger partial charge in [-0.2, -0.15) is 0 Å². The summed E-state index contributed by atoms with van der Waals surface area (Å²) in [6.45, 7) is 0.458. The van der Waals surface area contributed by atoms with E-state index >= 15 is 0 Å². The first kappa shape index (κ1) is 17.1. The van der Waals surface area contributed by atoms with E-state index < -0.39 is 22.7 Å². The van der Waals surface area contributed by atoms with E-state index in [1.54, 1.807) is 4.57 Å². The van der Waals surface area contributed by atoms with Crippen LogP contribution < -0.4 is 5.43 Å². The van der Waals surface area contributed by atoms with Gasteiger partial charge < -0.3 is 14.8 Å². The van der Waals surface area contributed by atoms with E-state index in [1.165, 1.54) is 23.5 Å². The lowest BCUT2D eigenvalue weighted by Crippen LogP contribution is -2.33. The topological polar surface area (TPSA) is 79.5 Å². The number of nitrogens with zero attached hydrogens (tertiary/aromatic N) is 1. The van der Waals surface area contributed by atoms with Crippen molar-refractivity contribution in [2.45, 2.75) is 24.8 Å². The smallest absolute Gasteiger partial charge is 0.341 e. The van der Waals surface area contributed by atoms with Crippen LogP contribution in [0.4, 0.5) is 0 Å². The molecule has 2 N–H and O–H groups in total. The van der Waals surface area contributed by atoms with Gasteiger partial charge in [-0.05, 0) is 29.5 Å². The minimum Gasteiger partial charge on any atom is -0.503 e. The molecule has 1 heterocycles. The molecule has 0 unspecified atom stereocenters. The van der Waals surface area contributed by atoms with Crippen molar-refractivity contribution in [3.63, 3.8) is 0 Å². The number of carboxylic acid groups (broad SMARTS) is 1. The number of benzene rings is 2. The van der Waals surface area contributed by atoms with Gasteiger partial charge in [0.25, 0.3) is 0 Å². The van der Waals surface area contributed by atoms with E-state index in [9.17, 15) is 19.8 Å². The lowest BCUT2D eigenvalue weighted by molar-refractivity contribution is 0.0693. The standard InChI is InChI=1S/C22H19NO4/c24-19-13-23(12-18(20(19)25)21(26)27)14-22(17-8-2-1-3-9-17)10-15-6-4-5-7-16(15)11-22/h1-9,12-13,24H,10-11,14H2,(H,26,27). The molecule has 5 heteroatoms. The molecule has 27 heavy (non-hydrogen) atoms. The van der Waals surface area contributed by atoms with E-state index in [-0.39, 0.29) is 5.41 Å². The van der Waals surface area contributed by atoms with E-state index in [1.807, 2.05) is 30.3 Å². The maximum atomic E-state index is 11.9. The Kier molecular flexibility index (Phi) is 4.07. The number of aromatic hydroxyl groups is 1. The van der Waals surface area contributed by atoms with Crippen LogP contribution in [-0.4, -0.2) is 20.7 Å². The van der Waals surface area contributed by atoms with E-state index in [4.69, 9.17) is 0 Å². The Morgan fingerprint density at radius 3 is 2.15 bits per heavy atom.